The number of para-hydroxylation sites is 5. The van der Waals surface area contributed by atoms with E-state index in [1.807, 2.05) is 6.07 Å². The number of benzene rings is 10. The highest BCUT2D eigenvalue weighted by molar-refractivity contribution is 6.20. The van der Waals surface area contributed by atoms with Gasteiger partial charge in [0.2, 0.25) is 5.95 Å². The average molecular weight is 894 g/mol. The highest BCUT2D eigenvalue weighted by Gasteiger charge is 2.23. The number of hydrogen-bond acceptors (Lipinski definition) is 3. The van der Waals surface area contributed by atoms with Crippen molar-refractivity contribution in [2.45, 2.75) is 0 Å². The molecular formula is C64H39N5O. The van der Waals surface area contributed by atoms with Crippen molar-refractivity contribution in [3.05, 3.63) is 237 Å². The van der Waals surface area contributed by atoms with Gasteiger partial charge < -0.3 is 13.6 Å². The fourth-order valence-corrected chi connectivity index (χ4v) is 11.1. The first-order valence-electron chi connectivity index (χ1n) is 23.7. The van der Waals surface area contributed by atoms with Gasteiger partial charge in [-0.2, -0.15) is 0 Å². The van der Waals surface area contributed by atoms with Gasteiger partial charge in [-0.05, 0) is 78.4 Å². The van der Waals surface area contributed by atoms with Crippen molar-refractivity contribution >= 4 is 87.4 Å². The molecule has 0 unspecified atom stereocenters. The molecule has 0 bridgehead atoms. The minimum absolute atomic E-state index is 0.601. The summed E-state index contributed by atoms with van der Waals surface area (Å²) in [5.74, 6) is 0.601. The second-order valence-electron chi connectivity index (χ2n) is 18.2. The molecule has 6 nitrogen and oxygen atoms in total. The minimum atomic E-state index is 0.601. The van der Waals surface area contributed by atoms with Gasteiger partial charge in [0.15, 0.2) is 0 Å². The van der Waals surface area contributed by atoms with Crippen LogP contribution in [0.1, 0.15) is 0 Å². The van der Waals surface area contributed by atoms with E-state index in [0.717, 1.165) is 111 Å². The fourth-order valence-electron chi connectivity index (χ4n) is 11.1. The molecule has 15 aromatic rings. The third-order valence-electron chi connectivity index (χ3n) is 14.2. The molecule has 0 saturated heterocycles. The molecule has 326 valence electrons. The molecule has 0 aliphatic heterocycles. The van der Waals surface area contributed by atoms with Crippen molar-refractivity contribution < 1.29 is 4.42 Å². The van der Waals surface area contributed by atoms with Crippen LogP contribution in [0.2, 0.25) is 0 Å². The lowest BCUT2D eigenvalue weighted by molar-refractivity contribution is 0.670. The number of rotatable bonds is 6. The Morgan fingerprint density at radius 3 is 1.41 bits per heavy atom. The van der Waals surface area contributed by atoms with E-state index < -0.39 is 0 Å². The molecule has 5 aromatic heterocycles. The number of fused-ring (bicyclic) bond motifs is 12. The molecule has 0 spiro atoms. The Hall–Kier alpha value is -9.52. The van der Waals surface area contributed by atoms with Crippen LogP contribution in [0.15, 0.2) is 241 Å². The van der Waals surface area contributed by atoms with Crippen LogP contribution in [0, 0.1) is 0 Å². The van der Waals surface area contributed by atoms with E-state index in [1.165, 1.54) is 21.5 Å². The smallest absolute Gasteiger partial charge is 0.235 e. The van der Waals surface area contributed by atoms with Gasteiger partial charge >= 0.3 is 0 Å². The average Bonchev–Trinajstić information content (AvgIpc) is 4.17. The van der Waals surface area contributed by atoms with Gasteiger partial charge in [0, 0.05) is 71.2 Å². The summed E-state index contributed by atoms with van der Waals surface area (Å²) in [5.41, 5.74) is 16.3. The van der Waals surface area contributed by atoms with Crippen molar-refractivity contribution in [2.24, 2.45) is 0 Å². The Morgan fingerprint density at radius 1 is 0.286 bits per heavy atom. The fraction of sp³-hybridized carbons (Fsp3) is 0. The maximum atomic E-state index is 6.66. The third-order valence-corrected chi connectivity index (χ3v) is 14.2. The third kappa shape index (κ3) is 5.74. The van der Waals surface area contributed by atoms with Crippen LogP contribution in [0.3, 0.4) is 0 Å². The number of hydrogen-bond donors (Lipinski definition) is 0. The molecule has 70 heavy (non-hydrogen) atoms. The lowest BCUT2D eigenvalue weighted by Gasteiger charge is -2.14. The summed E-state index contributed by atoms with van der Waals surface area (Å²) in [5, 5.41) is 9.25. The van der Waals surface area contributed by atoms with Crippen LogP contribution in [0.25, 0.3) is 138 Å². The molecule has 0 N–H and O–H groups in total. The SMILES string of the molecule is c1ccc(-c2cc(-c3cccc(-n4c5ccccc5c5ccccc54)c3)nc(-n3c4ccccc4c4cc5c6ccccc6n(-c6cc(-c7ccccc7)c7oc8ccccc8c7c6)c5cc43)n2)cc1. The Morgan fingerprint density at radius 2 is 0.771 bits per heavy atom. The number of furan rings is 1. The van der Waals surface area contributed by atoms with Crippen LogP contribution in [-0.4, -0.2) is 23.7 Å². The topological polar surface area (TPSA) is 53.7 Å². The molecule has 0 fully saturated rings. The molecule has 0 saturated carbocycles. The highest BCUT2D eigenvalue weighted by Crippen LogP contribution is 2.43. The van der Waals surface area contributed by atoms with Gasteiger partial charge in [0.25, 0.3) is 0 Å². The van der Waals surface area contributed by atoms with Crippen LogP contribution < -0.4 is 0 Å². The summed E-state index contributed by atoms with van der Waals surface area (Å²) in [7, 11) is 0. The summed E-state index contributed by atoms with van der Waals surface area (Å²) >= 11 is 0. The summed E-state index contributed by atoms with van der Waals surface area (Å²) in [4.78, 5) is 11.0. The Bertz CT molecular complexity index is 4540. The second-order valence-corrected chi connectivity index (χ2v) is 18.2. The van der Waals surface area contributed by atoms with Gasteiger partial charge in [-0.15, -0.1) is 0 Å². The standard InChI is InChI=1S/C64H39N5O/c1-3-18-40(19-4-1)50-35-44(36-53-49-28-11-16-33-62(49)70-63(50)53)68-58-31-14-9-26-47(58)51-37-52-48-27-10-15-32-59(48)69(61(52)39-60(51)68)64-65-54(41-20-5-2-6-21-41)38-55(66-64)42-22-17-23-43(34-42)67-56-29-12-7-24-45(56)46-25-8-13-30-57(46)67/h1-39H. The van der Waals surface area contributed by atoms with E-state index in [9.17, 15) is 0 Å². The molecule has 0 atom stereocenters. The lowest BCUT2D eigenvalue weighted by atomic mass is 10.0. The van der Waals surface area contributed by atoms with E-state index in [0.29, 0.717) is 5.95 Å². The largest absolute Gasteiger partial charge is 0.455 e. The summed E-state index contributed by atoms with van der Waals surface area (Å²) in [6, 6.07) is 84.3. The van der Waals surface area contributed by atoms with Crippen molar-refractivity contribution in [1.82, 2.24) is 23.7 Å². The van der Waals surface area contributed by atoms with Crippen LogP contribution >= 0.6 is 0 Å². The molecule has 6 heteroatoms. The van der Waals surface area contributed by atoms with Gasteiger partial charge in [0.05, 0.1) is 44.5 Å². The normalized spacial score (nSPS) is 12.0. The minimum Gasteiger partial charge on any atom is -0.455 e. The first-order valence-corrected chi connectivity index (χ1v) is 23.7. The predicted molar refractivity (Wildman–Crippen MR) is 289 cm³/mol. The maximum absolute atomic E-state index is 6.66. The van der Waals surface area contributed by atoms with Gasteiger partial charge in [-0.25, -0.2) is 9.97 Å². The zero-order valence-corrected chi connectivity index (χ0v) is 37.7. The summed E-state index contributed by atoms with van der Waals surface area (Å²) in [6.45, 7) is 0. The molecule has 0 radical (unpaired) electrons. The molecule has 15 rings (SSSR count). The van der Waals surface area contributed by atoms with Crippen LogP contribution in [-0.2, 0) is 0 Å². The van der Waals surface area contributed by atoms with Crippen molar-refractivity contribution in [3.63, 3.8) is 0 Å². The summed E-state index contributed by atoms with van der Waals surface area (Å²) in [6.07, 6.45) is 0. The van der Waals surface area contributed by atoms with E-state index in [2.05, 4.69) is 244 Å². The van der Waals surface area contributed by atoms with E-state index in [1.54, 1.807) is 0 Å². The number of nitrogens with zero attached hydrogens (tertiary/aromatic N) is 5. The van der Waals surface area contributed by atoms with Crippen molar-refractivity contribution in [3.8, 4) is 51.0 Å². The lowest BCUT2D eigenvalue weighted by Crippen LogP contribution is -2.04. The molecule has 5 heterocycles. The zero-order valence-electron chi connectivity index (χ0n) is 37.7. The highest BCUT2D eigenvalue weighted by atomic mass is 16.3. The Labute approximate surface area is 401 Å². The molecule has 0 aliphatic rings. The van der Waals surface area contributed by atoms with E-state index >= 15 is 0 Å². The number of aromatic nitrogens is 5. The Kier molecular flexibility index (Phi) is 8.26. The predicted octanol–water partition coefficient (Wildman–Crippen LogP) is 16.7. The van der Waals surface area contributed by atoms with Crippen LogP contribution in [0.5, 0.6) is 0 Å². The zero-order chi connectivity index (χ0) is 45.9. The molecule has 10 aromatic carbocycles. The van der Waals surface area contributed by atoms with E-state index in [-0.39, 0.29) is 0 Å². The second kappa shape index (κ2) is 15.0. The first kappa shape index (κ1) is 38.6. The molecule has 0 aliphatic carbocycles. The van der Waals surface area contributed by atoms with Gasteiger partial charge in [-0.3, -0.25) is 4.57 Å². The molecule has 0 amide bonds. The molecular weight excluding hydrogens is 855 g/mol. The Balaban J connectivity index is 0.997. The maximum Gasteiger partial charge on any atom is 0.235 e. The van der Waals surface area contributed by atoms with Crippen molar-refractivity contribution in [2.75, 3.05) is 0 Å². The van der Waals surface area contributed by atoms with Gasteiger partial charge in [0.1, 0.15) is 11.2 Å². The van der Waals surface area contributed by atoms with Crippen LogP contribution in [0.4, 0.5) is 0 Å². The van der Waals surface area contributed by atoms with E-state index in [4.69, 9.17) is 14.4 Å². The quantitative estimate of drug-likeness (QED) is 0.167. The van der Waals surface area contributed by atoms with Crippen molar-refractivity contribution in [1.29, 1.82) is 0 Å². The summed E-state index contributed by atoms with van der Waals surface area (Å²) < 4.78 is 13.7. The monoisotopic (exact) mass is 893 g/mol. The van der Waals surface area contributed by atoms with Gasteiger partial charge in [-0.1, -0.05) is 164 Å². The first-order chi connectivity index (χ1) is 34.7.